The Bertz CT molecular complexity index is 484. The van der Waals surface area contributed by atoms with E-state index < -0.39 is 10.8 Å². The van der Waals surface area contributed by atoms with Gasteiger partial charge in [-0.05, 0) is 32.9 Å². The lowest BCUT2D eigenvalue weighted by atomic mass is 10.1. The number of nitro groups is 1. The van der Waals surface area contributed by atoms with Crippen LogP contribution >= 0.6 is 0 Å². The summed E-state index contributed by atoms with van der Waals surface area (Å²) in [4.78, 5) is 10.6. The van der Waals surface area contributed by atoms with Crippen LogP contribution in [-0.4, -0.2) is 24.7 Å². The minimum Gasteiger partial charge on any atom is -0.493 e. The number of hydrogen-bond donors (Lipinski definition) is 0. The first kappa shape index (κ1) is 15.8. The van der Waals surface area contributed by atoms with Gasteiger partial charge >= 0.3 is 5.88 Å². The summed E-state index contributed by atoms with van der Waals surface area (Å²) in [5.41, 5.74) is 0.511. The number of benzene rings is 1. The largest absolute Gasteiger partial charge is 0.493 e. The molecule has 0 bridgehead atoms. The number of ether oxygens (including phenoxy) is 3. The molecule has 6 heteroatoms. The normalized spacial score (nSPS) is 11.6. The fourth-order valence-corrected chi connectivity index (χ4v) is 1.67. The molecule has 0 aromatic heterocycles. The molecule has 0 saturated heterocycles. The molecule has 1 aromatic carbocycles. The van der Waals surface area contributed by atoms with E-state index in [-0.39, 0.29) is 12.4 Å². The number of nitrogens with zero attached hydrogens (tertiary/aromatic N) is 1. The van der Waals surface area contributed by atoms with Crippen molar-refractivity contribution in [3.05, 3.63) is 45.8 Å². The molecule has 20 heavy (non-hydrogen) atoms. The van der Waals surface area contributed by atoms with Crippen LogP contribution in [0.15, 0.2) is 30.1 Å². The highest BCUT2D eigenvalue weighted by Gasteiger charge is 2.26. The molecule has 0 atom stereocenters. The van der Waals surface area contributed by atoms with E-state index in [2.05, 4.69) is 0 Å². The summed E-state index contributed by atoms with van der Waals surface area (Å²) in [5, 5.41) is 11.2. The smallest absolute Gasteiger partial charge is 0.471 e. The maximum absolute atomic E-state index is 11.2. The predicted molar refractivity (Wildman–Crippen MR) is 74.8 cm³/mol. The van der Waals surface area contributed by atoms with Crippen LogP contribution in [0.1, 0.15) is 26.3 Å². The summed E-state index contributed by atoms with van der Waals surface area (Å²) < 4.78 is 16.0. The second-order valence-electron chi connectivity index (χ2n) is 3.69. The number of rotatable bonds is 8. The Kier molecular flexibility index (Phi) is 6.36. The molecule has 0 N–H and O–H groups in total. The lowest BCUT2D eigenvalue weighted by Gasteiger charge is -2.13. The third-order valence-electron chi connectivity index (χ3n) is 2.36. The van der Waals surface area contributed by atoms with Gasteiger partial charge in [-0.15, -0.1) is 0 Å². The maximum Gasteiger partial charge on any atom is 0.471 e. The van der Waals surface area contributed by atoms with E-state index in [0.29, 0.717) is 24.5 Å². The maximum atomic E-state index is 11.2. The highest BCUT2D eigenvalue weighted by molar-refractivity contribution is 5.66. The molecule has 0 heterocycles. The van der Waals surface area contributed by atoms with Gasteiger partial charge in [-0.1, -0.05) is 12.1 Å². The minimum absolute atomic E-state index is 0.0865. The molecule has 0 unspecified atom stereocenters. The first-order valence-corrected chi connectivity index (χ1v) is 6.52. The zero-order valence-electron chi connectivity index (χ0n) is 11.9. The third-order valence-corrected chi connectivity index (χ3v) is 2.36. The van der Waals surface area contributed by atoms with E-state index in [9.17, 15) is 10.1 Å². The van der Waals surface area contributed by atoms with Gasteiger partial charge in [-0.25, -0.2) is 0 Å². The number of hydrogen-bond acceptors (Lipinski definition) is 5. The van der Waals surface area contributed by atoms with E-state index >= 15 is 0 Å². The van der Waals surface area contributed by atoms with Crippen molar-refractivity contribution >= 4 is 5.76 Å². The highest BCUT2D eigenvalue weighted by Crippen LogP contribution is 2.30. The van der Waals surface area contributed by atoms with Gasteiger partial charge in [-0.3, -0.25) is 10.1 Å². The van der Waals surface area contributed by atoms with Crippen molar-refractivity contribution in [3.63, 3.8) is 0 Å². The summed E-state index contributed by atoms with van der Waals surface area (Å²) in [6.45, 7) is 6.22. The monoisotopic (exact) mass is 281 g/mol. The Hall–Kier alpha value is -2.24. The van der Waals surface area contributed by atoms with Crippen LogP contribution in [0, 0.1) is 10.1 Å². The second kappa shape index (κ2) is 8.04. The van der Waals surface area contributed by atoms with E-state index in [0.717, 1.165) is 0 Å². The molecule has 0 fully saturated rings. The fraction of sp³-hybridized carbons (Fsp3) is 0.429. The van der Waals surface area contributed by atoms with Crippen molar-refractivity contribution in [2.45, 2.75) is 20.8 Å². The Balaban J connectivity index is 3.38. The molecule has 0 saturated carbocycles. The van der Waals surface area contributed by atoms with E-state index in [1.165, 1.54) is 0 Å². The summed E-state index contributed by atoms with van der Waals surface area (Å²) in [6.07, 6.45) is 0. The second-order valence-corrected chi connectivity index (χ2v) is 3.69. The Morgan fingerprint density at radius 3 is 2.30 bits per heavy atom. The van der Waals surface area contributed by atoms with Crippen molar-refractivity contribution in [2.24, 2.45) is 0 Å². The van der Waals surface area contributed by atoms with Crippen molar-refractivity contribution in [1.82, 2.24) is 0 Å². The van der Waals surface area contributed by atoms with Crippen molar-refractivity contribution in [1.29, 1.82) is 0 Å². The quantitative estimate of drug-likeness (QED) is 0.416. The van der Waals surface area contributed by atoms with Crippen molar-refractivity contribution < 1.29 is 19.1 Å². The highest BCUT2D eigenvalue weighted by atomic mass is 16.7. The SMILES string of the molecule is CCOC(=C(OCC)[N+](=O)[O-])c1ccccc1OCC. The molecule has 0 aliphatic rings. The lowest BCUT2D eigenvalue weighted by molar-refractivity contribution is -0.463. The molecule has 1 aromatic rings. The minimum atomic E-state index is -0.586. The van der Waals surface area contributed by atoms with Crippen LogP contribution < -0.4 is 4.74 Å². The van der Waals surface area contributed by atoms with Crippen LogP contribution in [0.5, 0.6) is 5.75 Å². The molecular weight excluding hydrogens is 262 g/mol. The number of para-hydroxylation sites is 1. The zero-order chi connectivity index (χ0) is 15.0. The van der Waals surface area contributed by atoms with E-state index in [4.69, 9.17) is 14.2 Å². The Morgan fingerprint density at radius 1 is 1.10 bits per heavy atom. The summed E-state index contributed by atoms with van der Waals surface area (Å²) in [6, 6.07) is 7.00. The van der Waals surface area contributed by atoms with Crippen LogP contribution in [0.4, 0.5) is 0 Å². The van der Waals surface area contributed by atoms with Gasteiger partial charge in [0, 0.05) is 0 Å². The molecule has 0 amide bonds. The van der Waals surface area contributed by atoms with Gasteiger partial charge in [0.25, 0.3) is 0 Å². The van der Waals surface area contributed by atoms with Gasteiger partial charge in [-0.2, -0.15) is 0 Å². The molecule has 0 aliphatic carbocycles. The average Bonchev–Trinajstić information content (AvgIpc) is 2.44. The van der Waals surface area contributed by atoms with Gasteiger partial charge in [0.15, 0.2) is 0 Å². The van der Waals surface area contributed by atoms with Crippen LogP contribution in [0.3, 0.4) is 0 Å². The molecule has 0 spiro atoms. The molecule has 110 valence electrons. The summed E-state index contributed by atoms with van der Waals surface area (Å²) >= 11 is 0. The topological polar surface area (TPSA) is 70.8 Å². The van der Waals surface area contributed by atoms with E-state index in [1.807, 2.05) is 6.92 Å². The van der Waals surface area contributed by atoms with Gasteiger partial charge in [0.1, 0.15) is 10.7 Å². The third kappa shape index (κ3) is 3.88. The van der Waals surface area contributed by atoms with E-state index in [1.54, 1.807) is 38.1 Å². The zero-order valence-corrected chi connectivity index (χ0v) is 11.9. The standard InChI is InChI=1S/C14H19NO5/c1-4-18-12-10-8-7-9-11(12)13(19-5-2)14(15(16)17)20-6-3/h7-10H,4-6H2,1-3H3. The molecular formula is C14H19NO5. The molecule has 0 aliphatic heterocycles. The molecule has 1 rings (SSSR count). The van der Waals surface area contributed by atoms with Crippen molar-refractivity contribution in [2.75, 3.05) is 19.8 Å². The predicted octanol–water partition coefficient (Wildman–Crippen LogP) is 3.06. The van der Waals surface area contributed by atoms with Gasteiger partial charge in [0.05, 0.1) is 25.4 Å². The lowest BCUT2D eigenvalue weighted by Crippen LogP contribution is -2.10. The first-order valence-electron chi connectivity index (χ1n) is 6.52. The Labute approximate surface area is 118 Å². The van der Waals surface area contributed by atoms with Gasteiger partial charge < -0.3 is 14.2 Å². The molecule has 0 radical (unpaired) electrons. The molecule has 6 nitrogen and oxygen atoms in total. The van der Waals surface area contributed by atoms with Gasteiger partial charge in [0.2, 0.25) is 5.76 Å². The Morgan fingerprint density at radius 2 is 1.75 bits per heavy atom. The van der Waals surface area contributed by atoms with Crippen molar-refractivity contribution in [3.8, 4) is 5.75 Å². The van der Waals surface area contributed by atoms with Crippen LogP contribution in [0.25, 0.3) is 5.76 Å². The van der Waals surface area contributed by atoms with Crippen LogP contribution in [0.2, 0.25) is 0 Å². The van der Waals surface area contributed by atoms with Crippen LogP contribution in [-0.2, 0) is 9.47 Å². The summed E-state index contributed by atoms with van der Waals surface area (Å²) in [7, 11) is 0. The summed E-state index contributed by atoms with van der Waals surface area (Å²) in [5.74, 6) is 0.211. The average molecular weight is 281 g/mol. The first-order chi connectivity index (χ1) is 9.65. The fourth-order valence-electron chi connectivity index (χ4n) is 1.67.